The summed E-state index contributed by atoms with van der Waals surface area (Å²) in [4.78, 5) is 40.4. The SMILES string of the molecule is COc1ccccc1C(=O)Oc1ccc(N2C(=O)[C@@H]3[C@H]4C[C@@H]([C@@H](Br)[C@H]4Br)[C@H]3C2=O)cc1. The molecule has 1 saturated heterocycles. The van der Waals surface area contributed by atoms with Gasteiger partial charge in [-0.1, -0.05) is 44.0 Å². The van der Waals surface area contributed by atoms with Crippen molar-refractivity contribution in [3.63, 3.8) is 0 Å². The number of para-hydroxylation sites is 1. The average molecular weight is 549 g/mol. The van der Waals surface area contributed by atoms with Gasteiger partial charge in [0.25, 0.3) is 0 Å². The number of alkyl halides is 2. The van der Waals surface area contributed by atoms with Crippen molar-refractivity contribution in [1.29, 1.82) is 0 Å². The van der Waals surface area contributed by atoms with Gasteiger partial charge < -0.3 is 9.47 Å². The smallest absolute Gasteiger partial charge is 0.347 e. The zero-order valence-electron chi connectivity index (χ0n) is 16.5. The lowest BCUT2D eigenvalue weighted by molar-refractivity contribution is -0.123. The van der Waals surface area contributed by atoms with Crippen LogP contribution in [0.15, 0.2) is 48.5 Å². The third kappa shape index (κ3) is 3.14. The number of methoxy groups -OCH3 is 1. The summed E-state index contributed by atoms with van der Waals surface area (Å²) in [5.74, 6) is -0.262. The molecule has 6 nitrogen and oxygen atoms in total. The molecule has 2 amide bonds. The van der Waals surface area contributed by atoms with E-state index in [-0.39, 0.29) is 45.1 Å². The summed E-state index contributed by atoms with van der Waals surface area (Å²) in [6, 6.07) is 13.3. The van der Waals surface area contributed by atoms with Crippen molar-refractivity contribution in [2.75, 3.05) is 12.0 Å². The predicted molar refractivity (Wildman–Crippen MR) is 121 cm³/mol. The Kier molecular flexibility index (Phi) is 5.17. The second-order valence-electron chi connectivity index (χ2n) is 8.10. The van der Waals surface area contributed by atoms with Crippen molar-refractivity contribution in [2.24, 2.45) is 23.7 Å². The summed E-state index contributed by atoms with van der Waals surface area (Å²) in [7, 11) is 1.49. The molecule has 8 heteroatoms. The van der Waals surface area contributed by atoms with Crippen LogP contribution in [0.1, 0.15) is 16.8 Å². The summed E-state index contributed by atoms with van der Waals surface area (Å²) in [6.07, 6.45) is 0.893. The molecule has 31 heavy (non-hydrogen) atoms. The van der Waals surface area contributed by atoms with Crippen molar-refractivity contribution in [3.05, 3.63) is 54.1 Å². The van der Waals surface area contributed by atoms with Crippen LogP contribution in [-0.2, 0) is 9.59 Å². The van der Waals surface area contributed by atoms with Gasteiger partial charge in [-0.2, -0.15) is 0 Å². The molecule has 2 aromatic rings. The molecular formula is C23H19Br2NO5. The number of hydrogen-bond donors (Lipinski definition) is 0. The fourth-order valence-corrected chi connectivity index (χ4v) is 7.12. The second kappa shape index (κ2) is 7.74. The quantitative estimate of drug-likeness (QED) is 0.248. The molecule has 0 aromatic heterocycles. The molecule has 0 unspecified atom stereocenters. The van der Waals surface area contributed by atoms with E-state index in [1.807, 2.05) is 0 Å². The minimum atomic E-state index is -0.545. The predicted octanol–water partition coefficient (Wildman–Crippen LogP) is 4.20. The molecule has 0 spiro atoms. The highest BCUT2D eigenvalue weighted by Gasteiger charge is 2.66. The fourth-order valence-electron chi connectivity index (χ4n) is 5.24. The molecule has 0 radical (unpaired) electrons. The Morgan fingerprint density at radius 3 is 2.10 bits per heavy atom. The molecule has 1 heterocycles. The number of benzene rings is 2. The largest absolute Gasteiger partial charge is 0.496 e. The van der Waals surface area contributed by atoms with Gasteiger partial charge in [0.2, 0.25) is 11.8 Å². The van der Waals surface area contributed by atoms with Crippen LogP contribution >= 0.6 is 31.9 Å². The first kappa shape index (κ1) is 20.7. The Balaban J connectivity index is 1.35. The fraction of sp³-hybridized carbons (Fsp3) is 0.348. The summed E-state index contributed by atoms with van der Waals surface area (Å²) in [6.45, 7) is 0. The molecular weight excluding hydrogens is 530 g/mol. The molecule has 5 rings (SSSR count). The van der Waals surface area contributed by atoms with E-state index in [1.54, 1.807) is 48.5 Å². The van der Waals surface area contributed by atoms with E-state index < -0.39 is 5.97 Å². The number of amides is 2. The summed E-state index contributed by atoms with van der Waals surface area (Å²) in [5.41, 5.74) is 0.814. The van der Waals surface area contributed by atoms with Crippen molar-refractivity contribution in [1.82, 2.24) is 0 Å². The summed E-state index contributed by atoms with van der Waals surface area (Å²) in [5, 5.41) is 0. The lowest BCUT2D eigenvalue weighted by atomic mass is 9.81. The number of anilines is 1. The summed E-state index contributed by atoms with van der Waals surface area (Å²) >= 11 is 7.39. The summed E-state index contributed by atoms with van der Waals surface area (Å²) < 4.78 is 10.6. The number of rotatable bonds is 4. The van der Waals surface area contributed by atoms with Crippen LogP contribution in [0.2, 0.25) is 0 Å². The number of hydrogen-bond acceptors (Lipinski definition) is 5. The van der Waals surface area contributed by atoms with Crippen molar-refractivity contribution in [2.45, 2.75) is 16.1 Å². The highest BCUT2D eigenvalue weighted by Crippen LogP contribution is 2.60. The number of esters is 1. The van der Waals surface area contributed by atoms with Crippen LogP contribution in [0.25, 0.3) is 0 Å². The minimum absolute atomic E-state index is 0.134. The van der Waals surface area contributed by atoms with E-state index in [4.69, 9.17) is 9.47 Å². The molecule has 3 fully saturated rings. The number of ether oxygens (including phenoxy) is 2. The minimum Gasteiger partial charge on any atom is -0.496 e. The van der Waals surface area contributed by atoms with Gasteiger partial charge in [0.15, 0.2) is 0 Å². The lowest BCUT2D eigenvalue weighted by Crippen LogP contribution is -2.37. The van der Waals surface area contributed by atoms with Crippen LogP contribution in [0.3, 0.4) is 0 Å². The normalized spacial score (nSPS) is 31.1. The third-order valence-electron chi connectivity index (χ3n) is 6.62. The van der Waals surface area contributed by atoms with Gasteiger partial charge in [-0.15, -0.1) is 0 Å². The van der Waals surface area contributed by atoms with E-state index in [2.05, 4.69) is 31.9 Å². The topological polar surface area (TPSA) is 72.9 Å². The van der Waals surface area contributed by atoms with Crippen LogP contribution in [0.4, 0.5) is 5.69 Å². The number of fused-ring (bicyclic) bond motifs is 5. The Morgan fingerprint density at radius 2 is 1.52 bits per heavy atom. The van der Waals surface area contributed by atoms with Gasteiger partial charge in [0, 0.05) is 9.65 Å². The van der Waals surface area contributed by atoms with E-state index in [0.29, 0.717) is 22.7 Å². The van der Waals surface area contributed by atoms with Crippen molar-refractivity contribution < 1.29 is 23.9 Å². The van der Waals surface area contributed by atoms with E-state index >= 15 is 0 Å². The van der Waals surface area contributed by atoms with Crippen LogP contribution in [-0.4, -0.2) is 34.5 Å². The molecule has 2 aromatic carbocycles. The Morgan fingerprint density at radius 1 is 0.935 bits per heavy atom. The molecule has 160 valence electrons. The number of nitrogens with zero attached hydrogens (tertiary/aromatic N) is 1. The molecule has 2 bridgehead atoms. The highest BCUT2D eigenvalue weighted by molar-refractivity contribution is 9.12. The standard InChI is InChI=1S/C23H19Br2NO5/c1-30-16-5-3-2-4-13(16)23(29)31-12-8-6-11(7-9-12)26-21(27)17-14-10-15(18(17)22(26)28)20(25)19(14)24/h2-9,14-15,17-20H,10H2,1H3/t14-,15-,17-,18-,19-,20+/m1/s1. The van der Waals surface area contributed by atoms with Crippen LogP contribution in [0.5, 0.6) is 11.5 Å². The first-order valence-electron chi connectivity index (χ1n) is 10.0. The van der Waals surface area contributed by atoms with Crippen molar-refractivity contribution in [3.8, 4) is 11.5 Å². The molecule has 0 N–H and O–H groups in total. The Hall–Kier alpha value is -2.19. The maximum Gasteiger partial charge on any atom is 0.347 e. The molecule has 3 aliphatic rings. The van der Waals surface area contributed by atoms with E-state index in [9.17, 15) is 14.4 Å². The van der Waals surface area contributed by atoms with Gasteiger partial charge in [0.05, 0.1) is 24.6 Å². The van der Waals surface area contributed by atoms with Gasteiger partial charge in [-0.25, -0.2) is 4.79 Å². The average Bonchev–Trinajstić information content (AvgIpc) is 3.39. The van der Waals surface area contributed by atoms with Crippen LogP contribution < -0.4 is 14.4 Å². The van der Waals surface area contributed by atoms with Gasteiger partial charge in [-0.05, 0) is 54.7 Å². The van der Waals surface area contributed by atoms with Gasteiger partial charge >= 0.3 is 5.97 Å². The zero-order valence-corrected chi connectivity index (χ0v) is 19.7. The monoisotopic (exact) mass is 547 g/mol. The molecule has 6 atom stereocenters. The first-order valence-corrected chi connectivity index (χ1v) is 11.9. The lowest BCUT2D eigenvalue weighted by Gasteiger charge is -2.28. The maximum atomic E-state index is 13.1. The maximum absolute atomic E-state index is 13.1. The molecule has 2 aliphatic carbocycles. The van der Waals surface area contributed by atoms with Gasteiger partial charge in [-0.3, -0.25) is 14.5 Å². The third-order valence-corrected chi connectivity index (χ3v) is 9.83. The van der Waals surface area contributed by atoms with Gasteiger partial charge in [0.1, 0.15) is 17.1 Å². The van der Waals surface area contributed by atoms with E-state index in [1.165, 1.54) is 12.0 Å². The second-order valence-corrected chi connectivity index (χ2v) is 10.2. The Labute approximate surface area is 196 Å². The molecule has 2 saturated carbocycles. The van der Waals surface area contributed by atoms with E-state index in [0.717, 1.165) is 6.42 Å². The number of halogens is 2. The molecule has 1 aliphatic heterocycles. The highest BCUT2D eigenvalue weighted by atomic mass is 79.9. The van der Waals surface area contributed by atoms with Crippen LogP contribution in [0, 0.1) is 23.7 Å². The first-order chi connectivity index (χ1) is 14.9. The van der Waals surface area contributed by atoms with Crippen molar-refractivity contribution >= 4 is 55.3 Å². The number of imide groups is 1. The number of carbonyl (C=O) groups is 3. The zero-order chi connectivity index (χ0) is 21.9. The Bertz CT molecular complexity index is 1040. The number of carbonyl (C=O) groups excluding carboxylic acids is 3.